The third kappa shape index (κ3) is 4.49. The Balaban J connectivity index is 1.70. The summed E-state index contributed by atoms with van der Waals surface area (Å²) in [4.78, 5) is 29.2. The molecule has 0 aromatic heterocycles. The molecular weight excluding hydrogens is 366 g/mol. The van der Waals surface area contributed by atoms with Gasteiger partial charge in [-0.2, -0.15) is 0 Å². The summed E-state index contributed by atoms with van der Waals surface area (Å²) in [6, 6.07) is 15.1. The minimum absolute atomic E-state index is 0.120. The molecule has 6 nitrogen and oxygen atoms in total. The van der Waals surface area contributed by atoms with E-state index in [4.69, 9.17) is 4.74 Å². The maximum Gasteiger partial charge on any atom is 0.250 e. The molecule has 152 valence electrons. The molecule has 2 aromatic carbocycles. The molecule has 0 atom stereocenters. The molecule has 3 rings (SSSR count). The summed E-state index contributed by atoms with van der Waals surface area (Å²) in [5.41, 5.74) is 1.49. The molecule has 6 heteroatoms. The van der Waals surface area contributed by atoms with Crippen LogP contribution in [-0.2, 0) is 16.1 Å². The number of carbonyl (C=O) groups is 2. The SMILES string of the molecule is C=CCOc1ccc(CN(C)CC(=O)N2c3ccccc3NC(=O)C2(C)C)cc1. The van der Waals surface area contributed by atoms with E-state index in [1.54, 1.807) is 24.8 Å². The standard InChI is InChI=1S/C23H27N3O3/c1-5-14-29-18-12-10-17(11-13-18)15-25(4)16-21(27)26-20-9-7-6-8-19(20)24-22(28)23(26,2)3/h5-13H,1,14-16H2,2-4H3,(H,24,28). The second-order valence-electron chi connectivity index (χ2n) is 7.68. The van der Waals surface area contributed by atoms with Gasteiger partial charge in [0, 0.05) is 6.54 Å². The smallest absolute Gasteiger partial charge is 0.250 e. The van der Waals surface area contributed by atoms with E-state index < -0.39 is 5.54 Å². The van der Waals surface area contributed by atoms with Gasteiger partial charge in [-0.15, -0.1) is 0 Å². The van der Waals surface area contributed by atoms with E-state index in [9.17, 15) is 9.59 Å². The summed E-state index contributed by atoms with van der Waals surface area (Å²) in [6.07, 6.45) is 1.70. The van der Waals surface area contributed by atoms with Crippen molar-refractivity contribution in [2.45, 2.75) is 25.9 Å². The fourth-order valence-electron chi connectivity index (χ4n) is 3.41. The number of amides is 2. The van der Waals surface area contributed by atoms with E-state index in [1.807, 2.05) is 60.5 Å². The van der Waals surface area contributed by atoms with Gasteiger partial charge in [-0.1, -0.05) is 36.9 Å². The van der Waals surface area contributed by atoms with E-state index >= 15 is 0 Å². The second-order valence-corrected chi connectivity index (χ2v) is 7.68. The number of para-hydroxylation sites is 2. The Morgan fingerprint density at radius 2 is 1.90 bits per heavy atom. The highest BCUT2D eigenvalue weighted by Gasteiger charge is 2.43. The Hall–Kier alpha value is -3.12. The Kier molecular flexibility index (Phi) is 6.03. The zero-order valence-corrected chi connectivity index (χ0v) is 17.1. The first kappa shape index (κ1) is 20.6. The molecule has 0 spiro atoms. The van der Waals surface area contributed by atoms with Gasteiger partial charge in [0.25, 0.3) is 0 Å². The van der Waals surface area contributed by atoms with Crippen LogP contribution in [0, 0.1) is 0 Å². The monoisotopic (exact) mass is 393 g/mol. The van der Waals surface area contributed by atoms with Gasteiger partial charge in [-0.3, -0.25) is 19.4 Å². The van der Waals surface area contributed by atoms with Crippen molar-refractivity contribution in [3.8, 4) is 5.75 Å². The highest BCUT2D eigenvalue weighted by atomic mass is 16.5. The van der Waals surface area contributed by atoms with E-state index in [0.29, 0.717) is 18.8 Å². The lowest BCUT2D eigenvalue weighted by molar-refractivity contribution is -0.127. The number of nitrogens with zero attached hydrogens (tertiary/aromatic N) is 2. The molecule has 0 bridgehead atoms. The van der Waals surface area contributed by atoms with Gasteiger partial charge in [-0.05, 0) is 50.7 Å². The largest absolute Gasteiger partial charge is 0.490 e. The Bertz CT molecular complexity index is 906. The van der Waals surface area contributed by atoms with E-state index in [0.717, 1.165) is 17.0 Å². The average Bonchev–Trinajstić information content (AvgIpc) is 2.68. The molecule has 0 fully saturated rings. The maximum atomic E-state index is 13.2. The molecule has 0 saturated heterocycles. The molecule has 1 heterocycles. The number of fused-ring (bicyclic) bond motifs is 1. The van der Waals surface area contributed by atoms with Crippen molar-refractivity contribution in [2.75, 3.05) is 30.4 Å². The quantitative estimate of drug-likeness (QED) is 0.732. The fraction of sp³-hybridized carbons (Fsp3) is 0.304. The molecule has 1 aliphatic rings. The Morgan fingerprint density at radius 3 is 2.59 bits per heavy atom. The van der Waals surface area contributed by atoms with Crippen molar-refractivity contribution in [1.29, 1.82) is 0 Å². The van der Waals surface area contributed by atoms with E-state index in [-0.39, 0.29) is 18.4 Å². The summed E-state index contributed by atoms with van der Waals surface area (Å²) in [5.74, 6) is 0.470. The van der Waals surface area contributed by atoms with Crippen LogP contribution >= 0.6 is 0 Å². The molecule has 2 aromatic rings. The lowest BCUT2D eigenvalue weighted by atomic mass is 9.96. The number of carbonyl (C=O) groups excluding carboxylic acids is 2. The predicted molar refractivity (Wildman–Crippen MR) is 115 cm³/mol. The van der Waals surface area contributed by atoms with Crippen molar-refractivity contribution in [3.05, 3.63) is 66.7 Å². The van der Waals surface area contributed by atoms with Crippen LogP contribution in [-0.4, -0.2) is 42.5 Å². The number of hydrogen-bond donors (Lipinski definition) is 1. The molecule has 1 aliphatic heterocycles. The molecule has 2 amide bonds. The topological polar surface area (TPSA) is 61.9 Å². The summed E-state index contributed by atoms with van der Waals surface area (Å²) < 4.78 is 5.49. The molecule has 0 saturated carbocycles. The van der Waals surface area contributed by atoms with Crippen molar-refractivity contribution >= 4 is 23.2 Å². The number of hydrogen-bond acceptors (Lipinski definition) is 4. The first-order chi connectivity index (χ1) is 13.8. The van der Waals surface area contributed by atoms with Crippen molar-refractivity contribution < 1.29 is 14.3 Å². The molecule has 0 unspecified atom stereocenters. The minimum Gasteiger partial charge on any atom is -0.490 e. The normalized spacial score (nSPS) is 14.9. The highest BCUT2D eigenvalue weighted by Crippen LogP contribution is 2.36. The van der Waals surface area contributed by atoms with Gasteiger partial charge in [0.05, 0.1) is 17.9 Å². The Labute approximate surface area is 171 Å². The number of anilines is 2. The molecule has 1 N–H and O–H groups in total. The first-order valence-electron chi connectivity index (χ1n) is 9.57. The number of ether oxygens (including phenoxy) is 1. The first-order valence-corrected chi connectivity index (χ1v) is 9.57. The number of likely N-dealkylation sites (N-methyl/N-ethyl adjacent to an activating group) is 1. The number of nitrogens with one attached hydrogen (secondary N) is 1. The number of benzene rings is 2. The van der Waals surface area contributed by atoms with Crippen LogP contribution in [0.15, 0.2) is 61.2 Å². The lowest BCUT2D eigenvalue weighted by Crippen LogP contribution is -2.60. The summed E-state index contributed by atoms with van der Waals surface area (Å²) in [5, 5.41) is 2.88. The fourth-order valence-corrected chi connectivity index (χ4v) is 3.41. The molecular formula is C23H27N3O3. The van der Waals surface area contributed by atoms with E-state index in [1.165, 1.54) is 0 Å². The predicted octanol–water partition coefficient (Wildman–Crippen LogP) is 3.45. The third-order valence-corrected chi connectivity index (χ3v) is 4.91. The van der Waals surface area contributed by atoms with Gasteiger partial charge >= 0.3 is 0 Å². The third-order valence-electron chi connectivity index (χ3n) is 4.91. The van der Waals surface area contributed by atoms with Crippen molar-refractivity contribution in [1.82, 2.24) is 4.90 Å². The van der Waals surface area contributed by atoms with Gasteiger partial charge in [0.15, 0.2) is 0 Å². The summed E-state index contributed by atoms with van der Waals surface area (Å²) >= 11 is 0. The van der Waals surface area contributed by atoms with Crippen LogP contribution in [0.25, 0.3) is 0 Å². The minimum atomic E-state index is -0.962. The average molecular weight is 393 g/mol. The molecule has 0 radical (unpaired) electrons. The maximum absolute atomic E-state index is 13.2. The van der Waals surface area contributed by atoms with Crippen molar-refractivity contribution in [3.63, 3.8) is 0 Å². The Morgan fingerprint density at radius 1 is 1.21 bits per heavy atom. The van der Waals surface area contributed by atoms with Gasteiger partial charge in [-0.25, -0.2) is 0 Å². The summed E-state index contributed by atoms with van der Waals surface area (Å²) in [6.45, 7) is 8.43. The lowest BCUT2D eigenvalue weighted by Gasteiger charge is -2.42. The van der Waals surface area contributed by atoms with Crippen LogP contribution in [0.2, 0.25) is 0 Å². The highest BCUT2D eigenvalue weighted by molar-refractivity contribution is 6.14. The van der Waals surface area contributed by atoms with Crippen LogP contribution in [0.5, 0.6) is 5.75 Å². The van der Waals surface area contributed by atoms with Crippen LogP contribution in [0.1, 0.15) is 19.4 Å². The number of rotatable bonds is 7. The van der Waals surface area contributed by atoms with Crippen LogP contribution in [0.3, 0.4) is 0 Å². The zero-order valence-electron chi connectivity index (χ0n) is 17.1. The van der Waals surface area contributed by atoms with Gasteiger partial charge in [0.1, 0.15) is 17.9 Å². The van der Waals surface area contributed by atoms with Gasteiger partial charge in [0.2, 0.25) is 11.8 Å². The molecule has 29 heavy (non-hydrogen) atoms. The van der Waals surface area contributed by atoms with Crippen molar-refractivity contribution in [2.24, 2.45) is 0 Å². The zero-order chi connectivity index (χ0) is 21.0. The van der Waals surface area contributed by atoms with Gasteiger partial charge < -0.3 is 10.1 Å². The second kappa shape index (κ2) is 8.49. The molecule has 0 aliphatic carbocycles. The van der Waals surface area contributed by atoms with Crippen LogP contribution < -0.4 is 15.0 Å². The summed E-state index contributed by atoms with van der Waals surface area (Å²) in [7, 11) is 1.89. The van der Waals surface area contributed by atoms with E-state index in [2.05, 4.69) is 11.9 Å². The van der Waals surface area contributed by atoms with Crippen LogP contribution in [0.4, 0.5) is 11.4 Å².